The number of fused-ring (bicyclic) bond motifs is 5. The highest BCUT2D eigenvalue weighted by molar-refractivity contribution is 7.13. The number of allylic oxidation sites excluding steroid dienone is 2. The first-order valence-corrected chi connectivity index (χ1v) is 8.18. The van der Waals surface area contributed by atoms with E-state index in [1.165, 1.54) is 11.3 Å². The molecule has 2 fully saturated rings. The Labute approximate surface area is 131 Å². The van der Waals surface area contributed by atoms with Gasteiger partial charge in [-0.05, 0) is 25.2 Å². The number of rotatable bonds is 3. The highest BCUT2D eigenvalue weighted by atomic mass is 32.1. The lowest BCUT2D eigenvalue weighted by Crippen LogP contribution is -2.39. The van der Waals surface area contributed by atoms with E-state index in [2.05, 4.69) is 10.3 Å². The SMILES string of the molecule is Cc1csc(NC(=O)CN2C(=O)C3C4C=CC(C4)C3C2=O)n1. The molecule has 3 amide bonds. The van der Waals surface area contributed by atoms with E-state index in [1.807, 2.05) is 24.5 Å². The zero-order valence-corrected chi connectivity index (χ0v) is 12.8. The normalized spacial score (nSPS) is 32.0. The number of carbonyl (C=O) groups is 3. The van der Waals surface area contributed by atoms with Gasteiger partial charge >= 0.3 is 0 Å². The van der Waals surface area contributed by atoms with E-state index < -0.39 is 0 Å². The molecule has 4 unspecified atom stereocenters. The maximum absolute atomic E-state index is 12.5. The van der Waals surface area contributed by atoms with E-state index in [-0.39, 0.29) is 47.9 Å². The smallest absolute Gasteiger partial charge is 0.246 e. The molecular weight excluding hydrogens is 302 g/mol. The number of likely N-dealkylation sites (tertiary alicyclic amines) is 1. The largest absolute Gasteiger partial charge is 0.300 e. The molecule has 2 aliphatic carbocycles. The molecular formula is C15H15N3O3S. The van der Waals surface area contributed by atoms with Crippen molar-refractivity contribution < 1.29 is 14.4 Å². The Morgan fingerprint density at radius 2 is 1.95 bits per heavy atom. The van der Waals surface area contributed by atoms with Crippen molar-refractivity contribution in [1.29, 1.82) is 0 Å². The summed E-state index contributed by atoms with van der Waals surface area (Å²) >= 11 is 1.32. The molecule has 1 N–H and O–H groups in total. The summed E-state index contributed by atoms with van der Waals surface area (Å²) in [6.07, 6.45) is 4.98. The molecule has 1 aromatic heterocycles. The summed E-state index contributed by atoms with van der Waals surface area (Å²) < 4.78 is 0. The Bertz CT molecular complexity index is 681. The van der Waals surface area contributed by atoms with Crippen molar-refractivity contribution in [2.45, 2.75) is 13.3 Å². The first-order valence-electron chi connectivity index (χ1n) is 7.30. The van der Waals surface area contributed by atoms with Crippen molar-refractivity contribution in [2.75, 3.05) is 11.9 Å². The average Bonchev–Trinajstić information content (AvgIpc) is 3.21. The van der Waals surface area contributed by atoms with Gasteiger partial charge in [-0.1, -0.05) is 12.2 Å². The third-order valence-corrected chi connectivity index (χ3v) is 5.60. The quantitative estimate of drug-likeness (QED) is 0.671. The number of aromatic nitrogens is 1. The van der Waals surface area contributed by atoms with Crippen LogP contribution >= 0.6 is 11.3 Å². The summed E-state index contributed by atoms with van der Waals surface area (Å²) in [5.74, 6) is -0.942. The van der Waals surface area contributed by atoms with Crippen LogP contribution in [0.5, 0.6) is 0 Å². The van der Waals surface area contributed by atoms with Crippen LogP contribution in [0.1, 0.15) is 12.1 Å². The van der Waals surface area contributed by atoms with Gasteiger partial charge in [0, 0.05) is 5.38 Å². The molecule has 7 heteroatoms. The minimum atomic E-state index is -0.378. The Kier molecular flexibility index (Phi) is 2.94. The number of imide groups is 1. The van der Waals surface area contributed by atoms with Gasteiger partial charge in [-0.25, -0.2) is 4.98 Å². The van der Waals surface area contributed by atoms with Gasteiger partial charge in [-0.2, -0.15) is 0 Å². The molecule has 0 aromatic carbocycles. The van der Waals surface area contributed by atoms with E-state index in [4.69, 9.17) is 0 Å². The lowest BCUT2D eigenvalue weighted by Gasteiger charge is -2.16. The van der Waals surface area contributed by atoms with Gasteiger partial charge in [0.15, 0.2) is 5.13 Å². The first kappa shape index (κ1) is 13.6. The van der Waals surface area contributed by atoms with E-state index in [9.17, 15) is 14.4 Å². The van der Waals surface area contributed by atoms with Crippen LogP contribution in [0.3, 0.4) is 0 Å². The number of thiazole rings is 1. The highest BCUT2D eigenvalue weighted by Gasteiger charge is 2.59. The lowest BCUT2D eigenvalue weighted by molar-refractivity contribution is -0.143. The minimum Gasteiger partial charge on any atom is -0.300 e. The lowest BCUT2D eigenvalue weighted by atomic mass is 9.85. The zero-order chi connectivity index (χ0) is 15.4. The van der Waals surface area contributed by atoms with Gasteiger partial charge in [0.2, 0.25) is 17.7 Å². The summed E-state index contributed by atoms with van der Waals surface area (Å²) in [6, 6.07) is 0. The molecule has 4 rings (SSSR count). The zero-order valence-electron chi connectivity index (χ0n) is 12.0. The molecule has 1 aromatic rings. The Morgan fingerprint density at radius 3 is 2.50 bits per heavy atom. The van der Waals surface area contributed by atoms with Gasteiger partial charge in [-0.3, -0.25) is 19.3 Å². The summed E-state index contributed by atoms with van der Waals surface area (Å²) in [4.78, 5) is 42.2. The fourth-order valence-electron chi connectivity index (χ4n) is 3.83. The molecule has 0 radical (unpaired) electrons. The summed E-state index contributed by atoms with van der Waals surface area (Å²) in [5, 5.41) is 4.96. The Balaban J connectivity index is 1.46. The predicted molar refractivity (Wildman–Crippen MR) is 79.9 cm³/mol. The maximum atomic E-state index is 12.5. The second-order valence-electron chi connectivity index (χ2n) is 6.10. The molecule has 4 atom stereocenters. The number of nitrogens with zero attached hydrogens (tertiary/aromatic N) is 2. The summed E-state index contributed by atoms with van der Waals surface area (Å²) in [5.41, 5.74) is 0.825. The molecule has 3 aliphatic rings. The van der Waals surface area contributed by atoms with Crippen LogP contribution in [0, 0.1) is 30.6 Å². The number of carbonyl (C=O) groups excluding carboxylic acids is 3. The standard InChI is InChI=1S/C15H15N3O3S/c1-7-6-22-15(16-7)17-10(19)5-18-13(20)11-8-2-3-9(4-8)12(11)14(18)21/h2-3,6,8-9,11-12H,4-5H2,1H3,(H,16,17,19). The third-order valence-electron chi connectivity index (χ3n) is 4.73. The van der Waals surface area contributed by atoms with Crippen LogP contribution in [0.15, 0.2) is 17.5 Å². The number of hydrogen-bond donors (Lipinski definition) is 1. The molecule has 0 spiro atoms. The second-order valence-corrected chi connectivity index (χ2v) is 6.96. The van der Waals surface area contributed by atoms with Crippen molar-refractivity contribution in [2.24, 2.45) is 23.7 Å². The van der Waals surface area contributed by atoms with Crippen molar-refractivity contribution in [3.63, 3.8) is 0 Å². The third kappa shape index (κ3) is 1.92. The van der Waals surface area contributed by atoms with Crippen LogP contribution in [0.25, 0.3) is 0 Å². The van der Waals surface area contributed by atoms with Gasteiger partial charge in [-0.15, -0.1) is 11.3 Å². The molecule has 22 heavy (non-hydrogen) atoms. The molecule has 1 saturated heterocycles. The van der Waals surface area contributed by atoms with Crippen LogP contribution in [0.4, 0.5) is 5.13 Å². The van der Waals surface area contributed by atoms with E-state index in [0.717, 1.165) is 17.0 Å². The molecule has 1 aliphatic heterocycles. The molecule has 2 heterocycles. The molecule has 2 bridgehead atoms. The number of anilines is 1. The van der Waals surface area contributed by atoms with Crippen LogP contribution < -0.4 is 5.32 Å². The van der Waals surface area contributed by atoms with Crippen molar-refractivity contribution in [3.8, 4) is 0 Å². The van der Waals surface area contributed by atoms with Gasteiger partial charge in [0.1, 0.15) is 6.54 Å². The molecule has 6 nitrogen and oxygen atoms in total. The Morgan fingerprint density at radius 1 is 1.32 bits per heavy atom. The van der Waals surface area contributed by atoms with E-state index >= 15 is 0 Å². The van der Waals surface area contributed by atoms with Crippen LogP contribution in [-0.2, 0) is 14.4 Å². The fraction of sp³-hybridized carbons (Fsp3) is 0.467. The predicted octanol–water partition coefficient (Wildman–Crippen LogP) is 1.20. The molecule has 1 saturated carbocycles. The summed E-state index contributed by atoms with van der Waals surface area (Å²) in [7, 11) is 0. The van der Waals surface area contributed by atoms with Crippen molar-refractivity contribution in [3.05, 3.63) is 23.2 Å². The maximum Gasteiger partial charge on any atom is 0.246 e. The first-order chi connectivity index (χ1) is 10.5. The van der Waals surface area contributed by atoms with Crippen molar-refractivity contribution >= 4 is 34.2 Å². The fourth-order valence-corrected chi connectivity index (χ4v) is 4.54. The minimum absolute atomic E-state index is 0.168. The van der Waals surface area contributed by atoms with Gasteiger partial charge in [0.05, 0.1) is 17.5 Å². The number of nitrogens with one attached hydrogen (secondary N) is 1. The topological polar surface area (TPSA) is 79.4 Å². The van der Waals surface area contributed by atoms with Gasteiger partial charge < -0.3 is 5.32 Å². The van der Waals surface area contributed by atoms with Gasteiger partial charge in [0.25, 0.3) is 0 Å². The number of aryl methyl sites for hydroxylation is 1. The monoisotopic (exact) mass is 317 g/mol. The number of amides is 3. The molecule has 114 valence electrons. The highest BCUT2D eigenvalue weighted by Crippen LogP contribution is 2.52. The van der Waals surface area contributed by atoms with Crippen molar-refractivity contribution in [1.82, 2.24) is 9.88 Å². The van der Waals surface area contributed by atoms with Crippen LogP contribution in [-0.4, -0.2) is 34.2 Å². The number of hydrogen-bond acceptors (Lipinski definition) is 5. The average molecular weight is 317 g/mol. The summed E-state index contributed by atoms with van der Waals surface area (Å²) in [6.45, 7) is 1.62. The van der Waals surface area contributed by atoms with Crippen LogP contribution in [0.2, 0.25) is 0 Å². The second kappa shape index (κ2) is 4.74. The van der Waals surface area contributed by atoms with E-state index in [0.29, 0.717) is 5.13 Å². The van der Waals surface area contributed by atoms with E-state index in [1.54, 1.807) is 0 Å². The Hall–Kier alpha value is -2.02.